The van der Waals surface area contributed by atoms with E-state index in [2.05, 4.69) is 20.9 Å². The lowest BCUT2D eigenvalue weighted by Gasteiger charge is -2.13. The van der Waals surface area contributed by atoms with Gasteiger partial charge >= 0.3 is 0 Å². The van der Waals surface area contributed by atoms with Crippen molar-refractivity contribution < 1.29 is 14.2 Å². The second-order valence-corrected chi connectivity index (χ2v) is 9.82. The molecular weight excluding hydrogens is 504 g/mol. The summed E-state index contributed by atoms with van der Waals surface area (Å²) in [6.45, 7) is 0.773. The van der Waals surface area contributed by atoms with Crippen molar-refractivity contribution >= 4 is 37.5 Å². The largest absolute Gasteiger partial charge is 0.493 e. The van der Waals surface area contributed by atoms with Crippen LogP contribution in [0, 0.1) is 0 Å². The third-order valence-corrected chi connectivity index (χ3v) is 7.40. The van der Waals surface area contributed by atoms with Crippen LogP contribution in [0.15, 0.2) is 51.7 Å². The smallest absolute Gasteiger partial charge is 0.260 e. The molecule has 0 amide bonds. The zero-order valence-corrected chi connectivity index (χ0v) is 20.6. The number of hydrogen-bond acceptors (Lipinski definition) is 6. The van der Waals surface area contributed by atoms with E-state index in [1.807, 2.05) is 42.5 Å². The van der Waals surface area contributed by atoms with E-state index in [1.54, 1.807) is 18.4 Å². The number of fused-ring (bicyclic) bond motifs is 3. The Balaban J connectivity index is 1.33. The van der Waals surface area contributed by atoms with Gasteiger partial charge < -0.3 is 19.2 Å². The minimum Gasteiger partial charge on any atom is -0.493 e. The Bertz CT molecular complexity index is 1350. The van der Waals surface area contributed by atoms with Gasteiger partial charge in [0.2, 0.25) is 0 Å². The molecule has 0 saturated heterocycles. The van der Waals surface area contributed by atoms with Gasteiger partial charge in [-0.1, -0.05) is 15.9 Å². The summed E-state index contributed by atoms with van der Waals surface area (Å²) in [5.41, 5.74) is 1.89. The predicted molar refractivity (Wildman–Crippen MR) is 134 cm³/mol. The summed E-state index contributed by atoms with van der Waals surface area (Å²) in [5, 5.41) is 0.760. The van der Waals surface area contributed by atoms with Gasteiger partial charge in [-0.05, 0) is 73.7 Å². The molecule has 33 heavy (non-hydrogen) atoms. The molecule has 6 nitrogen and oxygen atoms in total. The van der Waals surface area contributed by atoms with Crippen LogP contribution in [0.4, 0.5) is 0 Å². The summed E-state index contributed by atoms with van der Waals surface area (Å²) < 4.78 is 18.1. The topological polar surface area (TPSA) is 73.4 Å². The van der Waals surface area contributed by atoms with E-state index in [0.717, 1.165) is 45.3 Å². The third kappa shape index (κ3) is 4.63. The molecule has 0 aliphatic heterocycles. The van der Waals surface area contributed by atoms with Crippen LogP contribution in [0.2, 0.25) is 0 Å². The zero-order chi connectivity index (χ0) is 22.8. The first kappa shape index (κ1) is 22.0. The number of thiophene rings is 1. The number of aromatic amines is 1. The molecule has 0 saturated carbocycles. The van der Waals surface area contributed by atoms with Crippen molar-refractivity contribution in [1.82, 2.24) is 9.97 Å². The van der Waals surface area contributed by atoms with Gasteiger partial charge in [-0.3, -0.25) is 4.79 Å². The number of aryl methyl sites for hydroxylation is 2. The third-order valence-electron chi connectivity index (χ3n) is 5.69. The van der Waals surface area contributed by atoms with Gasteiger partial charge in [-0.2, -0.15) is 0 Å². The SMILES string of the molecule is COc1cc(-c2nc3sc4c(c3c(=O)[nH]2)CCCC4)ccc1OCCOc1ccc(Br)cc1. The quantitative estimate of drug-likeness (QED) is 0.310. The molecule has 0 unspecified atom stereocenters. The number of rotatable bonds is 7. The minimum atomic E-state index is -0.0706. The highest BCUT2D eigenvalue weighted by Gasteiger charge is 2.20. The number of nitrogens with one attached hydrogen (secondary N) is 1. The van der Waals surface area contributed by atoms with Crippen molar-refractivity contribution in [1.29, 1.82) is 0 Å². The molecule has 4 aromatic rings. The molecule has 1 N–H and O–H groups in total. The van der Waals surface area contributed by atoms with E-state index in [4.69, 9.17) is 19.2 Å². The maximum Gasteiger partial charge on any atom is 0.260 e. The van der Waals surface area contributed by atoms with E-state index in [0.29, 0.717) is 30.5 Å². The van der Waals surface area contributed by atoms with Crippen molar-refractivity contribution in [3.05, 3.63) is 67.7 Å². The molecule has 2 aromatic heterocycles. The van der Waals surface area contributed by atoms with E-state index in [1.165, 1.54) is 16.9 Å². The van der Waals surface area contributed by atoms with Crippen LogP contribution in [0.3, 0.4) is 0 Å². The summed E-state index contributed by atoms with van der Waals surface area (Å²) in [6, 6.07) is 13.2. The number of H-pyrrole nitrogens is 1. The molecule has 170 valence electrons. The average molecular weight is 527 g/mol. The number of hydrogen-bond donors (Lipinski definition) is 1. The van der Waals surface area contributed by atoms with Gasteiger partial charge in [0.1, 0.15) is 29.6 Å². The number of nitrogens with zero attached hydrogens (tertiary/aromatic N) is 1. The summed E-state index contributed by atoms with van der Waals surface area (Å²) in [5.74, 6) is 2.50. The molecule has 1 aliphatic rings. The van der Waals surface area contributed by atoms with E-state index in [9.17, 15) is 4.79 Å². The van der Waals surface area contributed by atoms with E-state index >= 15 is 0 Å². The van der Waals surface area contributed by atoms with Crippen molar-refractivity contribution in [2.75, 3.05) is 20.3 Å². The highest BCUT2D eigenvalue weighted by Crippen LogP contribution is 2.35. The van der Waals surface area contributed by atoms with Crippen molar-refractivity contribution in [2.24, 2.45) is 0 Å². The molecule has 0 radical (unpaired) electrons. The maximum absolute atomic E-state index is 12.9. The summed E-state index contributed by atoms with van der Waals surface area (Å²) in [4.78, 5) is 22.7. The lowest BCUT2D eigenvalue weighted by atomic mass is 9.97. The number of benzene rings is 2. The van der Waals surface area contributed by atoms with Crippen LogP contribution in [0.25, 0.3) is 21.6 Å². The first-order valence-electron chi connectivity index (χ1n) is 10.9. The number of methoxy groups -OCH3 is 1. The number of ether oxygens (including phenoxy) is 3. The Hall–Kier alpha value is -2.84. The second kappa shape index (κ2) is 9.57. The Kier molecular flexibility index (Phi) is 6.37. The summed E-state index contributed by atoms with van der Waals surface area (Å²) in [6.07, 6.45) is 4.31. The molecule has 8 heteroatoms. The van der Waals surface area contributed by atoms with Crippen LogP contribution in [0.1, 0.15) is 23.3 Å². The lowest BCUT2D eigenvalue weighted by molar-refractivity contribution is 0.211. The standard InChI is InChI=1S/C25H23BrN2O4S/c1-30-20-14-15(6-11-19(20)32-13-12-31-17-9-7-16(26)8-10-17)23-27-24(29)22-18-4-2-3-5-21(18)33-25(22)28-23/h6-11,14H,2-5,12-13H2,1H3,(H,27,28,29). The molecule has 0 fully saturated rings. The summed E-state index contributed by atoms with van der Waals surface area (Å²) in [7, 11) is 1.59. The Morgan fingerprint density at radius 1 is 1.03 bits per heavy atom. The van der Waals surface area contributed by atoms with Crippen molar-refractivity contribution in [3.8, 4) is 28.6 Å². The fourth-order valence-electron chi connectivity index (χ4n) is 4.08. The molecule has 2 heterocycles. The first-order valence-corrected chi connectivity index (χ1v) is 12.5. The molecule has 0 bridgehead atoms. The average Bonchev–Trinajstić information content (AvgIpc) is 3.22. The predicted octanol–water partition coefficient (Wildman–Crippen LogP) is 5.76. The van der Waals surface area contributed by atoms with Gasteiger partial charge in [-0.25, -0.2) is 4.98 Å². The van der Waals surface area contributed by atoms with Crippen LogP contribution in [0.5, 0.6) is 17.2 Å². The maximum atomic E-state index is 12.9. The number of halogens is 1. The fourth-order valence-corrected chi connectivity index (χ4v) is 5.60. The van der Waals surface area contributed by atoms with E-state index in [-0.39, 0.29) is 5.56 Å². The molecule has 0 atom stereocenters. The van der Waals surface area contributed by atoms with Crippen LogP contribution < -0.4 is 19.8 Å². The molecule has 2 aromatic carbocycles. The first-order chi connectivity index (χ1) is 16.1. The molecule has 0 spiro atoms. The van der Waals surface area contributed by atoms with Crippen molar-refractivity contribution in [3.63, 3.8) is 0 Å². The van der Waals surface area contributed by atoms with Gasteiger partial charge in [0.15, 0.2) is 11.5 Å². The van der Waals surface area contributed by atoms with E-state index < -0.39 is 0 Å². The second-order valence-electron chi connectivity index (χ2n) is 7.82. The molecule has 1 aliphatic carbocycles. The monoisotopic (exact) mass is 526 g/mol. The van der Waals surface area contributed by atoms with Gasteiger partial charge in [-0.15, -0.1) is 11.3 Å². The zero-order valence-electron chi connectivity index (χ0n) is 18.2. The molecular formula is C25H23BrN2O4S. The van der Waals surface area contributed by atoms with Crippen LogP contribution >= 0.6 is 27.3 Å². The van der Waals surface area contributed by atoms with Crippen LogP contribution in [-0.4, -0.2) is 30.3 Å². The van der Waals surface area contributed by atoms with Gasteiger partial charge in [0.05, 0.1) is 12.5 Å². The van der Waals surface area contributed by atoms with Gasteiger partial charge in [0.25, 0.3) is 5.56 Å². The minimum absolute atomic E-state index is 0.0706. The Morgan fingerprint density at radius 2 is 1.82 bits per heavy atom. The van der Waals surface area contributed by atoms with Crippen LogP contribution in [-0.2, 0) is 12.8 Å². The highest BCUT2D eigenvalue weighted by atomic mass is 79.9. The lowest BCUT2D eigenvalue weighted by Crippen LogP contribution is -2.11. The highest BCUT2D eigenvalue weighted by molar-refractivity contribution is 9.10. The fraction of sp³-hybridized carbons (Fsp3) is 0.280. The Morgan fingerprint density at radius 3 is 2.64 bits per heavy atom. The van der Waals surface area contributed by atoms with Crippen molar-refractivity contribution in [2.45, 2.75) is 25.7 Å². The number of aromatic nitrogens is 2. The molecule has 5 rings (SSSR count). The Labute approximate surface area is 203 Å². The normalized spacial score (nSPS) is 13.0. The van der Waals surface area contributed by atoms with Gasteiger partial charge in [0, 0.05) is 14.9 Å². The summed E-state index contributed by atoms with van der Waals surface area (Å²) >= 11 is 5.05.